The van der Waals surface area contributed by atoms with Crippen LogP contribution in [0.2, 0.25) is 0 Å². The van der Waals surface area contributed by atoms with Crippen LogP contribution in [0.1, 0.15) is 28.0 Å². The number of rotatable bonds is 6. The zero-order valence-electron chi connectivity index (χ0n) is 13.9. The second kappa shape index (κ2) is 7.12. The van der Waals surface area contributed by atoms with E-state index >= 15 is 0 Å². The van der Waals surface area contributed by atoms with Gasteiger partial charge in [0.1, 0.15) is 5.75 Å². The van der Waals surface area contributed by atoms with Gasteiger partial charge < -0.3 is 16.2 Å². The number of aryl methyl sites for hydroxylation is 2. The van der Waals surface area contributed by atoms with Gasteiger partial charge in [0.25, 0.3) is 5.91 Å². The third kappa shape index (κ3) is 3.35. The summed E-state index contributed by atoms with van der Waals surface area (Å²) in [5.41, 5.74) is 14.4. The molecular formula is C18H19N5O2. The van der Waals surface area contributed by atoms with Crippen molar-refractivity contribution in [3.8, 4) is 5.75 Å². The van der Waals surface area contributed by atoms with E-state index in [2.05, 4.69) is 15.2 Å². The van der Waals surface area contributed by atoms with Crippen LogP contribution < -0.4 is 16.2 Å². The van der Waals surface area contributed by atoms with E-state index in [1.807, 2.05) is 30.5 Å². The van der Waals surface area contributed by atoms with Crippen LogP contribution in [0, 0.1) is 0 Å². The van der Waals surface area contributed by atoms with Crippen molar-refractivity contribution in [1.82, 2.24) is 15.2 Å². The Labute approximate surface area is 145 Å². The number of nitrogens with zero attached hydrogens (tertiary/aromatic N) is 3. The molecule has 0 spiro atoms. The summed E-state index contributed by atoms with van der Waals surface area (Å²) in [5, 5.41) is 8.73. The lowest BCUT2D eigenvalue weighted by Crippen LogP contribution is -2.17. The van der Waals surface area contributed by atoms with Crippen molar-refractivity contribution in [2.45, 2.75) is 19.3 Å². The first-order valence-electron chi connectivity index (χ1n) is 7.92. The minimum absolute atomic E-state index is 0.00439. The van der Waals surface area contributed by atoms with Gasteiger partial charge in [-0.2, -0.15) is 0 Å². The maximum absolute atomic E-state index is 11.4. The van der Waals surface area contributed by atoms with Crippen molar-refractivity contribution < 1.29 is 9.53 Å². The third-order valence-electron chi connectivity index (χ3n) is 4.12. The summed E-state index contributed by atoms with van der Waals surface area (Å²) < 4.78 is 5.35. The summed E-state index contributed by atoms with van der Waals surface area (Å²) in [4.78, 5) is 15.5. The number of aromatic nitrogens is 3. The van der Waals surface area contributed by atoms with E-state index in [0.29, 0.717) is 10.9 Å². The Morgan fingerprint density at radius 1 is 1.16 bits per heavy atom. The Morgan fingerprint density at radius 3 is 2.72 bits per heavy atom. The number of primary amides is 1. The number of carbonyl (C=O) groups excluding carboxylic acids is 1. The van der Waals surface area contributed by atoms with Crippen LogP contribution in [0.15, 0.2) is 36.7 Å². The highest BCUT2D eigenvalue weighted by molar-refractivity contribution is 6.04. The Bertz CT molecular complexity index is 926. The first kappa shape index (κ1) is 16.6. The SMILES string of the molecule is COc1ccncc1CCCc1cccc2c(N)c(C(N)=O)nnc12. The van der Waals surface area contributed by atoms with Crippen molar-refractivity contribution in [2.24, 2.45) is 5.73 Å². The summed E-state index contributed by atoms with van der Waals surface area (Å²) in [5.74, 6) is 0.157. The van der Waals surface area contributed by atoms with E-state index in [-0.39, 0.29) is 11.4 Å². The number of anilines is 1. The normalized spacial score (nSPS) is 10.8. The van der Waals surface area contributed by atoms with Crippen LogP contribution in [0.3, 0.4) is 0 Å². The Kier molecular flexibility index (Phi) is 4.74. The predicted octanol–water partition coefficient (Wildman–Crippen LogP) is 1.89. The number of amides is 1. The van der Waals surface area contributed by atoms with Crippen molar-refractivity contribution in [2.75, 3.05) is 12.8 Å². The topological polar surface area (TPSA) is 117 Å². The van der Waals surface area contributed by atoms with Gasteiger partial charge in [0.05, 0.1) is 18.3 Å². The van der Waals surface area contributed by atoms with E-state index < -0.39 is 5.91 Å². The number of fused-ring (bicyclic) bond motifs is 1. The van der Waals surface area contributed by atoms with Crippen LogP contribution in [0.4, 0.5) is 5.69 Å². The number of methoxy groups -OCH3 is 1. The average Bonchev–Trinajstić information content (AvgIpc) is 2.62. The second-order valence-corrected chi connectivity index (χ2v) is 5.68. The highest BCUT2D eigenvalue weighted by Crippen LogP contribution is 2.25. The number of hydrogen-bond donors (Lipinski definition) is 2. The Hall–Kier alpha value is -3.22. The molecule has 0 unspecified atom stereocenters. The van der Waals surface area contributed by atoms with Crippen molar-refractivity contribution in [1.29, 1.82) is 0 Å². The van der Waals surface area contributed by atoms with Crippen molar-refractivity contribution in [3.05, 3.63) is 53.5 Å². The third-order valence-corrected chi connectivity index (χ3v) is 4.12. The van der Waals surface area contributed by atoms with Crippen molar-refractivity contribution in [3.63, 3.8) is 0 Å². The molecule has 0 radical (unpaired) electrons. The summed E-state index contributed by atoms with van der Waals surface area (Å²) in [7, 11) is 1.65. The number of carbonyl (C=O) groups is 1. The summed E-state index contributed by atoms with van der Waals surface area (Å²) in [6.07, 6.45) is 6.04. The Morgan fingerprint density at radius 2 is 1.96 bits per heavy atom. The second-order valence-electron chi connectivity index (χ2n) is 5.68. The number of nitrogens with two attached hydrogens (primary N) is 2. The van der Waals surface area contributed by atoms with Crippen LogP contribution in [0.25, 0.3) is 10.9 Å². The molecule has 0 fully saturated rings. The standard InChI is InChI=1S/C18H19N5O2/c1-25-14-8-9-21-10-12(14)6-2-4-11-5-3-7-13-15(19)17(18(20)24)23-22-16(11)13/h3,5,7-10H,2,4,6H2,1H3,(H2,19,22)(H2,20,24). The van der Waals surface area contributed by atoms with Crippen LogP contribution in [-0.2, 0) is 12.8 Å². The lowest BCUT2D eigenvalue weighted by Gasteiger charge is -2.10. The summed E-state index contributed by atoms with van der Waals surface area (Å²) in [6.45, 7) is 0. The zero-order chi connectivity index (χ0) is 17.8. The van der Waals surface area contributed by atoms with Crippen LogP contribution in [0.5, 0.6) is 5.75 Å². The number of pyridine rings is 1. The largest absolute Gasteiger partial charge is 0.496 e. The van der Waals surface area contributed by atoms with E-state index in [4.69, 9.17) is 16.2 Å². The Balaban J connectivity index is 1.82. The molecule has 0 aliphatic rings. The van der Waals surface area contributed by atoms with Gasteiger partial charge in [-0.1, -0.05) is 18.2 Å². The molecule has 2 heterocycles. The molecule has 0 aliphatic carbocycles. The van der Waals surface area contributed by atoms with Gasteiger partial charge in [0.2, 0.25) is 0 Å². The number of benzene rings is 1. The molecule has 25 heavy (non-hydrogen) atoms. The van der Waals surface area contributed by atoms with E-state index in [0.717, 1.165) is 36.1 Å². The smallest absolute Gasteiger partial charge is 0.271 e. The monoisotopic (exact) mass is 337 g/mol. The average molecular weight is 337 g/mol. The molecule has 0 atom stereocenters. The van der Waals surface area contributed by atoms with Crippen LogP contribution in [-0.4, -0.2) is 28.2 Å². The number of hydrogen-bond acceptors (Lipinski definition) is 6. The highest BCUT2D eigenvalue weighted by atomic mass is 16.5. The van der Waals surface area contributed by atoms with E-state index in [1.54, 1.807) is 13.3 Å². The van der Waals surface area contributed by atoms with Gasteiger partial charge in [-0.15, -0.1) is 10.2 Å². The summed E-state index contributed by atoms with van der Waals surface area (Å²) in [6, 6.07) is 7.55. The molecule has 0 saturated heterocycles. The zero-order valence-corrected chi connectivity index (χ0v) is 13.9. The van der Waals surface area contributed by atoms with Gasteiger partial charge in [-0.05, 0) is 30.9 Å². The number of ether oxygens (including phenoxy) is 1. The molecule has 7 nitrogen and oxygen atoms in total. The minimum Gasteiger partial charge on any atom is -0.496 e. The predicted molar refractivity (Wildman–Crippen MR) is 95.3 cm³/mol. The molecule has 3 aromatic rings. The molecule has 3 rings (SSSR count). The maximum Gasteiger partial charge on any atom is 0.271 e. The van der Waals surface area contributed by atoms with E-state index in [1.165, 1.54) is 0 Å². The quantitative estimate of drug-likeness (QED) is 0.709. The molecule has 7 heteroatoms. The van der Waals surface area contributed by atoms with Gasteiger partial charge >= 0.3 is 0 Å². The van der Waals surface area contributed by atoms with Gasteiger partial charge in [0, 0.05) is 23.3 Å². The molecule has 4 N–H and O–H groups in total. The molecule has 1 aromatic carbocycles. The fourth-order valence-corrected chi connectivity index (χ4v) is 2.86. The molecule has 0 bridgehead atoms. The van der Waals surface area contributed by atoms with Gasteiger partial charge in [-0.25, -0.2) is 0 Å². The molecule has 128 valence electrons. The lowest BCUT2D eigenvalue weighted by atomic mass is 10.0. The highest BCUT2D eigenvalue weighted by Gasteiger charge is 2.14. The molecule has 0 aliphatic heterocycles. The van der Waals surface area contributed by atoms with Crippen molar-refractivity contribution >= 4 is 22.5 Å². The summed E-state index contributed by atoms with van der Waals surface area (Å²) >= 11 is 0. The maximum atomic E-state index is 11.4. The fraction of sp³-hybridized carbons (Fsp3) is 0.222. The first-order chi connectivity index (χ1) is 12.1. The molecule has 1 amide bonds. The minimum atomic E-state index is -0.680. The van der Waals surface area contributed by atoms with Gasteiger partial charge in [-0.3, -0.25) is 9.78 Å². The molecule has 0 saturated carbocycles. The van der Waals surface area contributed by atoms with Crippen LogP contribution >= 0.6 is 0 Å². The lowest BCUT2D eigenvalue weighted by molar-refractivity contribution is 0.0996. The first-order valence-corrected chi connectivity index (χ1v) is 7.92. The van der Waals surface area contributed by atoms with E-state index in [9.17, 15) is 4.79 Å². The molecule has 2 aromatic heterocycles. The molecular weight excluding hydrogens is 318 g/mol. The number of nitrogen functional groups attached to an aromatic ring is 1. The fourth-order valence-electron chi connectivity index (χ4n) is 2.86. The van der Waals surface area contributed by atoms with Gasteiger partial charge in [0.15, 0.2) is 5.69 Å².